The van der Waals surface area contributed by atoms with Gasteiger partial charge in [-0.2, -0.15) is 0 Å². The van der Waals surface area contributed by atoms with Crippen LogP contribution in [0.2, 0.25) is 0 Å². The number of nitrogens with one attached hydrogen (secondary N) is 1. The summed E-state index contributed by atoms with van der Waals surface area (Å²) in [6.07, 6.45) is 0.665. The van der Waals surface area contributed by atoms with Gasteiger partial charge in [-0.1, -0.05) is 18.8 Å². The minimum atomic E-state index is -0.409. The lowest BCUT2D eigenvalue weighted by molar-refractivity contribution is -0.115. The number of aliphatic hydroxyl groups excluding tert-OH is 1. The number of halogens is 1. The summed E-state index contributed by atoms with van der Waals surface area (Å²) in [7, 11) is 0. The first-order valence-corrected chi connectivity index (χ1v) is 5.36. The third-order valence-corrected chi connectivity index (χ3v) is 2.04. The number of rotatable bonds is 3. The van der Waals surface area contributed by atoms with E-state index in [0.29, 0.717) is 24.1 Å². The predicted octanol–water partition coefficient (Wildman–Crippen LogP) is 1.91. The van der Waals surface area contributed by atoms with E-state index in [4.69, 9.17) is 5.11 Å². The van der Waals surface area contributed by atoms with Crippen LogP contribution in [0.4, 0.5) is 10.1 Å². The first kappa shape index (κ1) is 13.2. The summed E-state index contributed by atoms with van der Waals surface area (Å²) in [5.41, 5.74) is 0.906. The largest absolute Gasteiger partial charge is 0.395 e. The van der Waals surface area contributed by atoms with Gasteiger partial charge >= 0.3 is 0 Å². The Hall–Kier alpha value is -1.86. The van der Waals surface area contributed by atoms with Crippen molar-refractivity contribution in [3.63, 3.8) is 0 Å². The van der Waals surface area contributed by atoms with Crippen molar-refractivity contribution >= 4 is 11.6 Å². The highest BCUT2D eigenvalue weighted by Crippen LogP contribution is 2.16. The quantitative estimate of drug-likeness (QED) is 0.786. The van der Waals surface area contributed by atoms with Crippen LogP contribution in [0.25, 0.3) is 0 Å². The molecule has 1 aromatic rings. The topological polar surface area (TPSA) is 49.3 Å². The number of aliphatic hydroxyl groups is 1. The molecule has 0 aromatic heterocycles. The van der Waals surface area contributed by atoms with Crippen LogP contribution in [-0.4, -0.2) is 17.6 Å². The van der Waals surface area contributed by atoms with E-state index in [1.165, 1.54) is 18.2 Å². The maximum atomic E-state index is 13.0. The van der Waals surface area contributed by atoms with Crippen molar-refractivity contribution < 1.29 is 14.3 Å². The van der Waals surface area contributed by atoms with Crippen molar-refractivity contribution in [2.45, 2.75) is 19.8 Å². The fourth-order valence-corrected chi connectivity index (χ4v) is 1.18. The lowest BCUT2D eigenvalue weighted by Gasteiger charge is -2.06. The summed E-state index contributed by atoms with van der Waals surface area (Å²) >= 11 is 0. The molecule has 0 fully saturated rings. The second kappa shape index (κ2) is 6.66. The van der Waals surface area contributed by atoms with E-state index in [2.05, 4.69) is 17.2 Å². The minimum Gasteiger partial charge on any atom is -0.395 e. The third kappa shape index (κ3) is 4.25. The Kier molecular flexibility index (Phi) is 5.18. The fourth-order valence-electron chi connectivity index (χ4n) is 1.18. The lowest BCUT2D eigenvalue weighted by atomic mass is 10.1. The van der Waals surface area contributed by atoms with Gasteiger partial charge in [0.15, 0.2) is 0 Å². The summed E-state index contributed by atoms with van der Waals surface area (Å²) in [4.78, 5) is 11.3. The number of amides is 1. The van der Waals surface area contributed by atoms with Crippen LogP contribution in [0, 0.1) is 17.7 Å². The normalized spacial score (nSPS) is 9.35. The zero-order valence-corrected chi connectivity index (χ0v) is 9.59. The molecule has 0 aliphatic heterocycles. The van der Waals surface area contributed by atoms with Crippen LogP contribution in [0.5, 0.6) is 0 Å². The highest BCUT2D eigenvalue weighted by atomic mass is 19.1. The molecule has 4 heteroatoms. The van der Waals surface area contributed by atoms with Crippen molar-refractivity contribution in [1.82, 2.24) is 0 Å². The van der Waals surface area contributed by atoms with E-state index in [1.807, 2.05) is 0 Å². The summed E-state index contributed by atoms with van der Waals surface area (Å²) in [5, 5.41) is 11.2. The first-order valence-electron chi connectivity index (χ1n) is 5.36. The molecule has 0 aliphatic rings. The van der Waals surface area contributed by atoms with Crippen LogP contribution in [0.1, 0.15) is 25.3 Å². The van der Waals surface area contributed by atoms with E-state index in [-0.39, 0.29) is 12.5 Å². The SMILES string of the molecule is CCC(=O)Nc1ccc(F)cc1C#CCCO. The van der Waals surface area contributed by atoms with Gasteiger partial charge in [0.25, 0.3) is 0 Å². The van der Waals surface area contributed by atoms with Crippen LogP contribution in [0.3, 0.4) is 0 Å². The Morgan fingerprint density at radius 2 is 2.29 bits per heavy atom. The molecule has 0 aliphatic carbocycles. The van der Waals surface area contributed by atoms with Gasteiger partial charge in [0.1, 0.15) is 5.82 Å². The predicted molar refractivity (Wildman–Crippen MR) is 63.9 cm³/mol. The molecule has 0 spiro atoms. The highest BCUT2D eigenvalue weighted by molar-refractivity contribution is 5.91. The Morgan fingerprint density at radius 1 is 1.53 bits per heavy atom. The molecular formula is C13H14FNO2. The molecule has 0 heterocycles. The van der Waals surface area contributed by atoms with Crippen LogP contribution in [0.15, 0.2) is 18.2 Å². The van der Waals surface area contributed by atoms with Crippen LogP contribution in [-0.2, 0) is 4.79 Å². The molecule has 17 heavy (non-hydrogen) atoms. The Bertz CT molecular complexity index is 460. The Morgan fingerprint density at radius 3 is 2.94 bits per heavy atom. The summed E-state index contributed by atoms with van der Waals surface area (Å²) in [6.45, 7) is 1.69. The number of hydrogen-bond acceptors (Lipinski definition) is 2. The summed E-state index contributed by atoms with van der Waals surface area (Å²) in [6, 6.07) is 4.00. The van der Waals surface area contributed by atoms with E-state index < -0.39 is 5.82 Å². The van der Waals surface area contributed by atoms with Gasteiger partial charge < -0.3 is 10.4 Å². The molecular weight excluding hydrogens is 221 g/mol. The molecule has 0 saturated carbocycles. The number of carbonyl (C=O) groups is 1. The van der Waals surface area contributed by atoms with Gasteiger partial charge in [0.2, 0.25) is 5.91 Å². The molecule has 0 unspecified atom stereocenters. The molecule has 0 radical (unpaired) electrons. The van der Waals surface area contributed by atoms with Crippen molar-refractivity contribution in [3.05, 3.63) is 29.6 Å². The zero-order valence-electron chi connectivity index (χ0n) is 9.59. The van der Waals surface area contributed by atoms with E-state index in [0.717, 1.165) is 0 Å². The molecule has 0 atom stereocenters. The maximum absolute atomic E-state index is 13.0. The number of hydrogen-bond donors (Lipinski definition) is 2. The van der Waals surface area contributed by atoms with Crippen molar-refractivity contribution in [2.75, 3.05) is 11.9 Å². The summed E-state index contributed by atoms with van der Waals surface area (Å²) < 4.78 is 13.0. The van der Waals surface area contributed by atoms with Crippen LogP contribution >= 0.6 is 0 Å². The maximum Gasteiger partial charge on any atom is 0.224 e. The Balaban J connectivity index is 2.96. The van der Waals surface area contributed by atoms with Gasteiger partial charge in [0.05, 0.1) is 17.9 Å². The number of carbonyl (C=O) groups excluding carboxylic acids is 1. The van der Waals surface area contributed by atoms with Crippen molar-refractivity contribution in [3.8, 4) is 11.8 Å². The average Bonchev–Trinajstić information content (AvgIpc) is 2.32. The standard InChI is InChI=1S/C13H14FNO2/c1-2-13(17)15-12-7-6-11(14)9-10(12)5-3-4-8-16/h6-7,9,16H,2,4,8H2,1H3,(H,15,17). The van der Waals surface area contributed by atoms with Crippen molar-refractivity contribution in [1.29, 1.82) is 0 Å². The smallest absolute Gasteiger partial charge is 0.224 e. The molecule has 2 N–H and O–H groups in total. The van der Waals surface area contributed by atoms with E-state index in [1.54, 1.807) is 6.92 Å². The zero-order chi connectivity index (χ0) is 12.7. The van der Waals surface area contributed by atoms with E-state index >= 15 is 0 Å². The summed E-state index contributed by atoms with van der Waals surface area (Å²) in [5.74, 6) is 4.85. The average molecular weight is 235 g/mol. The van der Waals surface area contributed by atoms with Crippen molar-refractivity contribution in [2.24, 2.45) is 0 Å². The minimum absolute atomic E-state index is 0.0427. The highest BCUT2D eigenvalue weighted by Gasteiger charge is 2.04. The molecule has 0 saturated heterocycles. The number of benzene rings is 1. The van der Waals surface area contributed by atoms with E-state index in [9.17, 15) is 9.18 Å². The molecule has 1 amide bonds. The van der Waals surface area contributed by atoms with Gasteiger partial charge in [0, 0.05) is 12.8 Å². The van der Waals surface area contributed by atoms with Gasteiger partial charge in [-0.15, -0.1) is 0 Å². The second-order valence-electron chi connectivity index (χ2n) is 3.37. The molecule has 0 bridgehead atoms. The fraction of sp³-hybridized carbons (Fsp3) is 0.308. The molecule has 1 rings (SSSR count). The number of anilines is 1. The first-order chi connectivity index (χ1) is 8.17. The molecule has 1 aromatic carbocycles. The molecule has 3 nitrogen and oxygen atoms in total. The Labute approximate surface area is 99.7 Å². The third-order valence-electron chi connectivity index (χ3n) is 2.04. The van der Waals surface area contributed by atoms with Gasteiger partial charge in [-0.25, -0.2) is 4.39 Å². The lowest BCUT2D eigenvalue weighted by Crippen LogP contribution is -2.10. The van der Waals surface area contributed by atoms with Gasteiger partial charge in [-0.05, 0) is 18.2 Å². The molecule has 90 valence electrons. The monoisotopic (exact) mass is 235 g/mol. The van der Waals surface area contributed by atoms with Gasteiger partial charge in [-0.3, -0.25) is 4.79 Å². The second-order valence-corrected chi connectivity index (χ2v) is 3.37. The van der Waals surface area contributed by atoms with Crippen LogP contribution < -0.4 is 5.32 Å².